The average molecular weight is 358 g/mol. The van der Waals surface area contributed by atoms with E-state index in [2.05, 4.69) is 16.3 Å². The number of ether oxygens (including phenoxy) is 2. The Kier molecular flexibility index (Phi) is 6.04. The summed E-state index contributed by atoms with van der Waals surface area (Å²) >= 11 is 0. The monoisotopic (exact) mass is 358 g/mol. The lowest BCUT2D eigenvalue weighted by molar-refractivity contribution is -0.125. The van der Waals surface area contributed by atoms with E-state index in [0.717, 1.165) is 38.4 Å². The first-order valence-electron chi connectivity index (χ1n) is 8.67. The van der Waals surface area contributed by atoms with E-state index < -0.39 is 12.1 Å². The van der Waals surface area contributed by atoms with Crippen LogP contribution in [0.2, 0.25) is 0 Å². The third-order valence-electron chi connectivity index (χ3n) is 4.54. The molecule has 1 aromatic rings. The molecule has 0 unspecified atom stereocenters. The largest absolute Gasteiger partial charge is 0.447 e. The highest BCUT2D eigenvalue weighted by Gasteiger charge is 2.37. The number of carbonyl (C=O) groups excluding carboxylic acids is 2. The van der Waals surface area contributed by atoms with Crippen molar-refractivity contribution >= 4 is 12.0 Å². The van der Waals surface area contributed by atoms with Gasteiger partial charge in [0.25, 0.3) is 0 Å². The summed E-state index contributed by atoms with van der Waals surface area (Å²) in [6.45, 7) is 4.77. The summed E-state index contributed by atoms with van der Waals surface area (Å²) in [7, 11) is 0. The van der Waals surface area contributed by atoms with Crippen molar-refractivity contribution in [1.82, 2.24) is 15.1 Å². The lowest BCUT2D eigenvalue weighted by Crippen LogP contribution is -2.48. The van der Waals surface area contributed by atoms with Crippen molar-refractivity contribution in [3.63, 3.8) is 0 Å². The van der Waals surface area contributed by atoms with Gasteiger partial charge in [-0.15, -0.1) is 0 Å². The van der Waals surface area contributed by atoms with Gasteiger partial charge < -0.3 is 14.8 Å². The van der Waals surface area contributed by atoms with Gasteiger partial charge in [0, 0.05) is 26.2 Å². The predicted octanol–water partition coefficient (Wildman–Crippen LogP) is 0.327. The summed E-state index contributed by atoms with van der Waals surface area (Å²) in [6.07, 6.45) is -0.498. The smallest absolute Gasteiger partial charge is 0.410 e. The number of cyclic esters (lactones) is 1. The van der Waals surface area contributed by atoms with Crippen LogP contribution in [0.1, 0.15) is 11.1 Å². The van der Waals surface area contributed by atoms with E-state index in [0.29, 0.717) is 12.1 Å². The molecule has 0 aromatic heterocycles. The maximum Gasteiger partial charge on any atom is 0.410 e. The predicted molar refractivity (Wildman–Crippen MR) is 92.1 cm³/mol. The van der Waals surface area contributed by atoms with Crippen LogP contribution in [0.25, 0.3) is 0 Å². The molecule has 0 radical (unpaired) electrons. The zero-order valence-electron chi connectivity index (χ0n) is 14.5. The fourth-order valence-electron chi connectivity index (χ4n) is 3.00. The fourth-order valence-corrected chi connectivity index (χ4v) is 3.00. The second-order valence-electron chi connectivity index (χ2n) is 6.27. The molecular weight excluding hydrogens is 336 g/mol. The maximum atomic E-state index is 12.5. The number of rotatable bonds is 6. The molecule has 3 rings (SSSR count). The van der Waals surface area contributed by atoms with Crippen LogP contribution in [0.15, 0.2) is 24.3 Å². The first-order chi connectivity index (χ1) is 12.7. The van der Waals surface area contributed by atoms with Gasteiger partial charge in [-0.1, -0.05) is 12.1 Å². The number of carbonyl (C=O) groups is 2. The van der Waals surface area contributed by atoms with Crippen LogP contribution in [-0.4, -0.2) is 73.8 Å². The van der Waals surface area contributed by atoms with Crippen molar-refractivity contribution in [1.29, 1.82) is 5.26 Å². The highest BCUT2D eigenvalue weighted by molar-refractivity contribution is 5.87. The third-order valence-corrected chi connectivity index (χ3v) is 4.54. The number of hydrogen-bond donors (Lipinski definition) is 1. The molecular formula is C18H22N4O4. The Balaban J connectivity index is 1.52. The molecule has 1 N–H and O–H groups in total. The minimum atomic E-state index is -0.636. The second-order valence-corrected chi connectivity index (χ2v) is 6.27. The van der Waals surface area contributed by atoms with Crippen LogP contribution in [0, 0.1) is 11.3 Å². The first-order valence-corrected chi connectivity index (χ1v) is 8.67. The molecule has 1 atom stereocenters. The van der Waals surface area contributed by atoms with Gasteiger partial charge in [0.15, 0.2) is 0 Å². The Hall–Kier alpha value is -2.63. The van der Waals surface area contributed by atoms with E-state index in [1.807, 2.05) is 0 Å². The highest BCUT2D eigenvalue weighted by Crippen LogP contribution is 2.17. The Morgan fingerprint density at radius 3 is 2.69 bits per heavy atom. The van der Waals surface area contributed by atoms with E-state index in [-0.39, 0.29) is 19.1 Å². The zero-order chi connectivity index (χ0) is 18.4. The molecule has 2 amide bonds. The normalized spacial score (nSPS) is 20.5. The molecule has 2 aliphatic rings. The minimum Gasteiger partial charge on any atom is -0.447 e. The second kappa shape index (κ2) is 8.65. The lowest BCUT2D eigenvalue weighted by Gasteiger charge is -2.27. The number of nitrogens with one attached hydrogen (secondary N) is 1. The number of amides is 2. The number of nitriles is 1. The zero-order valence-corrected chi connectivity index (χ0v) is 14.5. The molecule has 1 aromatic carbocycles. The van der Waals surface area contributed by atoms with Gasteiger partial charge in [-0.3, -0.25) is 14.6 Å². The Morgan fingerprint density at radius 2 is 2.00 bits per heavy atom. The molecule has 0 aliphatic carbocycles. The summed E-state index contributed by atoms with van der Waals surface area (Å²) in [6, 6.07) is 8.34. The lowest BCUT2D eigenvalue weighted by atomic mass is 10.1. The van der Waals surface area contributed by atoms with Crippen molar-refractivity contribution in [2.24, 2.45) is 0 Å². The van der Waals surface area contributed by atoms with Gasteiger partial charge in [0.2, 0.25) is 5.91 Å². The van der Waals surface area contributed by atoms with Crippen molar-refractivity contribution in [3.05, 3.63) is 35.4 Å². The van der Waals surface area contributed by atoms with Gasteiger partial charge in [0.1, 0.15) is 12.6 Å². The third kappa shape index (κ3) is 4.50. The maximum absolute atomic E-state index is 12.5. The molecule has 2 heterocycles. The molecule has 0 saturated carbocycles. The summed E-state index contributed by atoms with van der Waals surface area (Å²) in [5.41, 5.74) is 1.39. The molecule has 0 spiro atoms. The number of morpholine rings is 1. The van der Waals surface area contributed by atoms with E-state index in [4.69, 9.17) is 14.7 Å². The fraction of sp³-hybridized carbons (Fsp3) is 0.500. The standard InChI is InChI=1S/C18H22N4O4/c19-11-14-1-3-15(4-2-14)12-22-16(13-26-18(22)24)17(23)20-5-6-21-7-9-25-10-8-21/h1-4,16H,5-10,12-13H2,(H,20,23)/t16-/m0/s1. The summed E-state index contributed by atoms with van der Waals surface area (Å²) in [5, 5.41) is 11.7. The Bertz CT molecular complexity index is 679. The van der Waals surface area contributed by atoms with Crippen LogP contribution in [0.3, 0.4) is 0 Å². The summed E-state index contributed by atoms with van der Waals surface area (Å²) in [4.78, 5) is 28.1. The molecule has 8 nitrogen and oxygen atoms in total. The van der Waals surface area contributed by atoms with Gasteiger partial charge in [-0.05, 0) is 17.7 Å². The molecule has 26 heavy (non-hydrogen) atoms. The Morgan fingerprint density at radius 1 is 1.27 bits per heavy atom. The SMILES string of the molecule is N#Cc1ccc(CN2C(=O)OC[C@H]2C(=O)NCCN2CCOCC2)cc1. The highest BCUT2D eigenvalue weighted by atomic mass is 16.6. The van der Waals surface area contributed by atoms with Gasteiger partial charge in [-0.25, -0.2) is 4.79 Å². The number of benzene rings is 1. The number of nitrogens with zero attached hydrogens (tertiary/aromatic N) is 3. The molecule has 0 bridgehead atoms. The summed E-state index contributed by atoms with van der Waals surface area (Å²) in [5.74, 6) is -0.210. The van der Waals surface area contributed by atoms with E-state index in [9.17, 15) is 9.59 Å². The average Bonchev–Trinajstić information content (AvgIpc) is 3.04. The van der Waals surface area contributed by atoms with Crippen LogP contribution >= 0.6 is 0 Å². The topological polar surface area (TPSA) is 94.9 Å². The van der Waals surface area contributed by atoms with Crippen LogP contribution in [0.5, 0.6) is 0 Å². The quantitative estimate of drug-likeness (QED) is 0.787. The van der Waals surface area contributed by atoms with E-state index in [1.54, 1.807) is 24.3 Å². The van der Waals surface area contributed by atoms with Crippen molar-refractivity contribution in [2.75, 3.05) is 46.0 Å². The molecule has 8 heteroatoms. The molecule has 2 fully saturated rings. The van der Waals surface area contributed by atoms with Gasteiger partial charge >= 0.3 is 6.09 Å². The van der Waals surface area contributed by atoms with Crippen molar-refractivity contribution in [2.45, 2.75) is 12.6 Å². The van der Waals surface area contributed by atoms with E-state index in [1.165, 1.54) is 4.90 Å². The van der Waals surface area contributed by atoms with E-state index >= 15 is 0 Å². The molecule has 2 saturated heterocycles. The van der Waals surface area contributed by atoms with Crippen LogP contribution in [0.4, 0.5) is 4.79 Å². The minimum absolute atomic E-state index is 0.0541. The van der Waals surface area contributed by atoms with Crippen LogP contribution < -0.4 is 5.32 Å². The number of hydrogen-bond acceptors (Lipinski definition) is 6. The Labute approximate surface area is 152 Å². The molecule has 2 aliphatic heterocycles. The van der Waals surface area contributed by atoms with Crippen molar-refractivity contribution in [3.8, 4) is 6.07 Å². The van der Waals surface area contributed by atoms with Crippen LogP contribution in [-0.2, 0) is 20.8 Å². The van der Waals surface area contributed by atoms with Crippen molar-refractivity contribution < 1.29 is 19.1 Å². The van der Waals surface area contributed by atoms with Gasteiger partial charge in [0.05, 0.1) is 31.4 Å². The summed E-state index contributed by atoms with van der Waals surface area (Å²) < 4.78 is 10.4. The first kappa shape index (κ1) is 18.2. The van der Waals surface area contributed by atoms with Gasteiger partial charge in [-0.2, -0.15) is 5.26 Å². The molecule has 138 valence electrons.